The minimum Gasteiger partial charge on any atom is -0.592 e. The first-order valence-electron chi connectivity index (χ1n) is 7.29. The summed E-state index contributed by atoms with van der Waals surface area (Å²) in [4.78, 5) is 22.8. The Morgan fingerprint density at radius 2 is 2.12 bits per heavy atom. The molecule has 4 N–H and O–H groups in total. The molecule has 0 bridgehead atoms. The molecule has 0 aromatic heterocycles. The van der Waals surface area contributed by atoms with E-state index in [0.717, 1.165) is 12.0 Å². The number of fused-ring (bicyclic) bond motifs is 1. The summed E-state index contributed by atoms with van der Waals surface area (Å²) in [6.45, 7) is 0.792. The van der Waals surface area contributed by atoms with Crippen molar-refractivity contribution in [3.63, 3.8) is 0 Å². The maximum Gasteiger partial charge on any atom is 0.273 e. The third-order valence-corrected chi connectivity index (χ3v) is 5.83. The van der Waals surface area contributed by atoms with Crippen LogP contribution in [0.4, 0.5) is 0 Å². The molecule has 0 aromatic rings. The fourth-order valence-electron chi connectivity index (χ4n) is 2.91. The summed E-state index contributed by atoms with van der Waals surface area (Å²) in [5.41, 5.74) is 12.1. The summed E-state index contributed by atoms with van der Waals surface area (Å²) < 4.78 is 13.9. The molecule has 136 valence electrons. The Morgan fingerprint density at radius 1 is 1.50 bits per heavy atom. The van der Waals surface area contributed by atoms with E-state index in [2.05, 4.69) is 0 Å². The van der Waals surface area contributed by atoms with Crippen molar-refractivity contribution < 1.29 is 18.6 Å². The Bertz CT molecular complexity index is 582. The van der Waals surface area contributed by atoms with Crippen molar-refractivity contribution >= 4 is 46.5 Å². The van der Waals surface area contributed by atoms with Gasteiger partial charge in [0, 0.05) is 0 Å². The summed E-state index contributed by atoms with van der Waals surface area (Å²) in [5, 5.41) is -1.06. The first-order chi connectivity index (χ1) is 10.6. The molecular weight excluding hydrogens is 375 g/mol. The standard InChI is InChI=1S/C14H21ClN4O3S.ClH/c1-19(2,8-11(16)20)7-3-4-9-5-6-10-14(17)23(22)18(10)12(9)13(15)21;/h3-4,10,14H,5-8,17H2,1-2H3,(H-,16,20);1H/p+1/b4-3+;/t10-,14-,23?;/m1./s1. The number of halogens is 2. The van der Waals surface area contributed by atoms with Crippen LogP contribution in [0.1, 0.15) is 12.8 Å². The molecule has 0 spiro atoms. The Hall–Kier alpha value is -0.770. The van der Waals surface area contributed by atoms with Crippen molar-refractivity contribution in [1.29, 1.82) is 0 Å². The van der Waals surface area contributed by atoms with E-state index in [4.69, 9.17) is 23.1 Å². The van der Waals surface area contributed by atoms with E-state index >= 15 is 0 Å². The third-order valence-electron chi connectivity index (χ3n) is 4.03. The molecule has 3 atom stereocenters. The van der Waals surface area contributed by atoms with Crippen LogP contribution in [0, 0.1) is 0 Å². The Balaban J connectivity index is 0.00000288. The molecule has 0 aromatic carbocycles. The highest BCUT2D eigenvalue weighted by Crippen LogP contribution is 2.41. The lowest BCUT2D eigenvalue weighted by atomic mass is 9.97. The zero-order valence-electron chi connectivity index (χ0n) is 13.6. The number of hydrogen-bond acceptors (Lipinski definition) is 5. The smallest absolute Gasteiger partial charge is 0.273 e. The summed E-state index contributed by atoms with van der Waals surface area (Å²) in [6, 6.07) is -0.0900. The Morgan fingerprint density at radius 3 is 2.67 bits per heavy atom. The van der Waals surface area contributed by atoms with Crippen LogP contribution in [0.25, 0.3) is 0 Å². The average Bonchev–Trinajstić information content (AvgIpc) is 2.43. The molecule has 24 heavy (non-hydrogen) atoms. The van der Waals surface area contributed by atoms with E-state index in [1.807, 2.05) is 26.2 Å². The number of amides is 1. The third kappa shape index (κ3) is 4.44. The van der Waals surface area contributed by atoms with Gasteiger partial charge in [-0.2, -0.15) is 4.31 Å². The number of allylic oxidation sites excluding steroid dienone is 3. The van der Waals surface area contributed by atoms with E-state index in [1.54, 1.807) is 0 Å². The summed E-state index contributed by atoms with van der Waals surface area (Å²) in [5.74, 6) is -0.371. The number of quaternary nitrogens is 1. The predicted molar refractivity (Wildman–Crippen MR) is 96.3 cm³/mol. The molecular formula is C14H23Cl2N4O3S+. The molecule has 0 saturated carbocycles. The molecule has 0 radical (unpaired) electrons. The highest BCUT2D eigenvalue weighted by atomic mass is 35.5. The number of carbonyl (C=O) groups excluding carboxylic acids is 2. The van der Waals surface area contributed by atoms with Gasteiger partial charge < -0.3 is 14.8 Å². The van der Waals surface area contributed by atoms with Crippen molar-refractivity contribution in [3.05, 3.63) is 23.4 Å². The normalized spacial score (nSPS) is 26.7. The van der Waals surface area contributed by atoms with Crippen LogP contribution in [0.2, 0.25) is 0 Å². The summed E-state index contributed by atoms with van der Waals surface area (Å²) in [7, 11) is 3.77. The quantitative estimate of drug-likeness (QED) is 0.371. The van der Waals surface area contributed by atoms with Crippen LogP contribution in [0.5, 0.6) is 0 Å². The van der Waals surface area contributed by atoms with Crippen LogP contribution in [-0.2, 0) is 21.0 Å². The van der Waals surface area contributed by atoms with Crippen LogP contribution in [0.15, 0.2) is 23.4 Å². The zero-order chi connectivity index (χ0) is 17.4. The van der Waals surface area contributed by atoms with E-state index in [1.165, 1.54) is 4.31 Å². The van der Waals surface area contributed by atoms with Crippen molar-refractivity contribution in [3.8, 4) is 0 Å². The van der Waals surface area contributed by atoms with Gasteiger partial charge in [-0.05, 0) is 36.1 Å². The minimum absolute atomic E-state index is 0. The fourth-order valence-corrected chi connectivity index (χ4v) is 4.65. The van der Waals surface area contributed by atoms with Crippen molar-refractivity contribution in [1.82, 2.24) is 4.31 Å². The number of carbonyl (C=O) groups is 2. The van der Waals surface area contributed by atoms with E-state index < -0.39 is 22.0 Å². The largest absolute Gasteiger partial charge is 0.592 e. The average molecular weight is 398 g/mol. The van der Waals surface area contributed by atoms with Crippen LogP contribution in [0.3, 0.4) is 0 Å². The number of rotatable bonds is 6. The maximum absolute atomic E-state index is 12.0. The highest BCUT2D eigenvalue weighted by Gasteiger charge is 2.56. The number of primary amides is 1. The lowest BCUT2D eigenvalue weighted by Crippen LogP contribution is -2.68. The Kier molecular flexibility index (Phi) is 7.16. The second kappa shape index (κ2) is 8.07. The number of nitrogens with zero attached hydrogens (tertiary/aromatic N) is 2. The SMILES string of the molecule is C[N+](C)(C/C=C/C1=C(C(=O)Cl)N2[C@H](CC1)[C@H](N)[S+]2[O-])CC(N)=O.Cl. The number of nitrogens with two attached hydrogens (primary N) is 2. The minimum atomic E-state index is -1.41. The van der Waals surface area contributed by atoms with Gasteiger partial charge in [0.15, 0.2) is 6.54 Å². The molecule has 10 heteroatoms. The van der Waals surface area contributed by atoms with E-state index in [0.29, 0.717) is 17.4 Å². The predicted octanol–water partition coefficient (Wildman–Crippen LogP) is -0.0279. The molecule has 2 aliphatic rings. The zero-order valence-corrected chi connectivity index (χ0v) is 16.0. The molecule has 2 rings (SSSR count). The monoisotopic (exact) mass is 397 g/mol. The molecule has 1 fully saturated rings. The molecule has 0 aliphatic carbocycles. The van der Waals surface area contributed by atoms with Crippen LogP contribution < -0.4 is 11.5 Å². The molecule has 1 saturated heterocycles. The van der Waals surface area contributed by atoms with Crippen molar-refractivity contribution in [2.75, 3.05) is 27.2 Å². The molecule has 7 nitrogen and oxygen atoms in total. The van der Waals surface area contributed by atoms with Gasteiger partial charge in [-0.25, -0.2) is 0 Å². The first-order valence-corrected chi connectivity index (χ1v) is 8.84. The van der Waals surface area contributed by atoms with Gasteiger partial charge >= 0.3 is 0 Å². The van der Waals surface area contributed by atoms with Gasteiger partial charge in [0.1, 0.15) is 11.7 Å². The van der Waals surface area contributed by atoms with Crippen LogP contribution >= 0.6 is 24.0 Å². The lowest BCUT2D eigenvalue weighted by Gasteiger charge is -2.49. The second-order valence-electron chi connectivity index (χ2n) is 6.47. The molecule has 2 aliphatic heterocycles. The Labute approximate surface area is 156 Å². The molecule has 2 heterocycles. The highest BCUT2D eigenvalue weighted by molar-refractivity contribution is 7.91. The lowest BCUT2D eigenvalue weighted by molar-refractivity contribution is -0.876. The first kappa shape index (κ1) is 21.3. The van der Waals surface area contributed by atoms with Gasteiger partial charge in [-0.1, -0.05) is 6.08 Å². The molecule has 1 unspecified atom stereocenters. The maximum atomic E-state index is 12.0. The molecule has 1 amide bonds. The van der Waals surface area contributed by atoms with Gasteiger partial charge in [0.05, 0.1) is 32.0 Å². The van der Waals surface area contributed by atoms with E-state index in [-0.39, 0.29) is 36.6 Å². The number of likely N-dealkylation sites (N-methyl/N-ethyl adjacent to an activating group) is 1. The second-order valence-corrected chi connectivity index (χ2v) is 8.30. The van der Waals surface area contributed by atoms with Crippen molar-refractivity contribution in [2.24, 2.45) is 11.5 Å². The van der Waals surface area contributed by atoms with Crippen molar-refractivity contribution in [2.45, 2.75) is 24.3 Å². The topological polar surface area (TPSA) is 112 Å². The van der Waals surface area contributed by atoms with Gasteiger partial charge in [-0.3, -0.25) is 15.3 Å². The summed E-state index contributed by atoms with van der Waals surface area (Å²) in [6.07, 6.45) is 5.08. The van der Waals surface area contributed by atoms with Gasteiger partial charge in [0.25, 0.3) is 11.1 Å². The summed E-state index contributed by atoms with van der Waals surface area (Å²) >= 11 is 4.28. The van der Waals surface area contributed by atoms with Crippen LogP contribution in [-0.4, -0.2) is 63.1 Å². The van der Waals surface area contributed by atoms with Gasteiger partial charge in [-0.15, -0.1) is 12.4 Å². The van der Waals surface area contributed by atoms with E-state index in [9.17, 15) is 14.1 Å². The van der Waals surface area contributed by atoms with Gasteiger partial charge in [0.2, 0.25) is 5.37 Å². The fraction of sp³-hybridized carbons (Fsp3) is 0.571. The number of hydrogen-bond donors (Lipinski definition) is 2.